The fourth-order valence-corrected chi connectivity index (χ4v) is 0.869. The Bertz CT molecular complexity index is 278. The minimum absolute atomic E-state index is 0.115. The Morgan fingerprint density at radius 2 is 2.00 bits per heavy atom. The predicted molar refractivity (Wildman–Crippen MR) is 36.6 cm³/mol. The Kier molecular flexibility index (Phi) is 2.42. The average Bonchev–Trinajstić information content (AvgIpc) is 2.03. The molecule has 63 valence electrons. The van der Waals surface area contributed by atoms with E-state index in [2.05, 4.69) is 6.07 Å². The highest BCUT2D eigenvalue weighted by Crippen LogP contribution is 2.28. The van der Waals surface area contributed by atoms with Gasteiger partial charge in [-0.2, -0.15) is 13.2 Å². The molecule has 0 saturated heterocycles. The molecular formula is C7H3F3OS+. The highest BCUT2D eigenvalue weighted by Gasteiger charge is 2.30. The third kappa shape index (κ3) is 2.01. The van der Waals surface area contributed by atoms with Gasteiger partial charge in [-0.1, -0.05) is 0 Å². The van der Waals surface area contributed by atoms with E-state index in [1.165, 1.54) is 0 Å². The van der Waals surface area contributed by atoms with E-state index in [-0.39, 0.29) is 16.6 Å². The molecule has 0 N–H and O–H groups in total. The van der Waals surface area contributed by atoms with Crippen molar-refractivity contribution in [3.8, 4) is 0 Å². The highest BCUT2D eigenvalue weighted by molar-refractivity contribution is 7.65. The van der Waals surface area contributed by atoms with E-state index in [9.17, 15) is 17.4 Å². The van der Waals surface area contributed by atoms with Crippen molar-refractivity contribution in [3.63, 3.8) is 0 Å². The van der Waals surface area contributed by atoms with Crippen LogP contribution in [0.2, 0.25) is 0 Å². The van der Waals surface area contributed by atoms with Crippen molar-refractivity contribution in [2.45, 2.75) is 11.1 Å². The number of hydrogen-bond donors (Lipinski definition) is 0. The first kappa shape index (κ1) is 9.12. The minimum Gasteiger partial charge on any atom is -0.166 e. The molecule has 0 heterocycles. The predicted octanol–water partition coefficient (Wildman–Crippen LogP) is 2.29. The molecule has 1 rings (SSSR count). The average molecular weight is 192 g/mol. The number of benzene rings is 1. The number of halogens is 3. The SMILES string of the molecule is O=[S+]c1[c]cc(C(F)(F)F)cc1. The molecule has 1 radical (unpaired) electrons. The first-order chi connectivity index (χ1) is 5.54. The molecule has 0 saturated carbocycles. The zero-order valence-corrected chi connectivity index (χ0v) is 6.50. The van der Waals surface area contributed by atoms with Gasteiger partial charge in [-0.05, 0) is 12.1 Å². The van der Waals surface area contributed by atoms with Crippen molar-refractivity contribution in [2.75, 3.05) is 0 Å². The van der Waals surface area contributed by atoms with Crippen molar-refractivity contribution < 1.29 is 17.4 Å². The lowest BCUT2D eigenvalue weighted by atomic mass is 10.2. The Morgan fingerprint density at radius 1 is 1.33 bits per heavy atom. The molecular weight excluding hydrogens is 189 g/mol. The van der Waals surface area contributed by atoms with Crippen molar-refractivity contribution in [1.82, 2.24) is 0 Å². The summed E-state index contributed by atoms with van der Waals surface area (Å²) in [6.45, 7) is 0. The summed E-state index contributed by atoms with van der Waals surface area (Å²) >= 11 is 0.115. The van der Waals surface area contributed by atoms with Crippen LogP contribution in [0.5, 0.6) is 0 Å². The van der Waals surface area contributed by atoms with Crippen LogP contribution in [0, 0.1) is 6.07 Å². The second kappa shape index (κ2) is 3.18. The zero-order chi connectivity index (χ0) is 9.19. The number of rotatable bonds is 1. The van der Waals surface area contributed by atoms with Gasteiger partial charge in [0, 0.05) is 10.3 Å². The van der Waals surface area contributed by atoms with E-state index in [0.29, 0.717) is 0 Å². The molecule has 0 fully saturated rings. The van der Waals surface area contributed by atoms with Gasteiger partial charge >= 0.3 is 17.8 Å². The molecule has 0 amide bonds. The molecule has 0 bridgehead atoms. The molecule has 0 unspecified atom stereocenters. The second-order valence-electron chi connectivity index (χ2n) is 2.02. The molecule has 0 aliphatic rings. The quantitative estimate of drug-likeness (QED) is 0.624. The minimum atomic E-state index is -4.36. The van der Waals surface area contributed by atoms with Crippen LogP contribution in [0.1, 0.15) is 5.56 Å². The van der Waals surface area contributed by atoms with Gasteiger partial charge in [0.25, 0.3) is 4.90 Å². The Hall–Kier alpha value is -0.970. The summed E-state index contributed by atoms with van der Waals surface area (Å²) in [4.78, 5) is 0.156. The first-order valence-electron chi connectivity index (χ1n) is 2.93. The van der Waals surface area contributed by atoms with E-state index in [1.807, 2.05) is 0 Å². The molecule has 1 aromatic carbocycles. The zero-order valence-electron chi connectivity index (χ0n) is 5.68. The normalized spacial score (nSPS) is 11.2. The summed E-state index contributed by atoms with van der Waals surface area (Å²) in [5, 5.41) is 0. The number of hydrogen-bond acceptors (Lipinski definition) is 1. The van der Waals surface area contributed by atoms with Crippen LogP contribution in [0.3, 0.4) is 0 Å². The third-order valence-corrected chi connectivity index (χ3v) is 1.63. The molecule has 0 atom stereocenters. The topological polar surface area (TPSA) is 17.1 Å². The second-order valence-corrected chi connectivity index (χ2v) is 2.63. The molecule has 1 nitrogen and oxygen atoms in total. The van der Waals surface area contributed by atoms with Gasteiger partial charge in [0.05, 0.1) is 11.6 Å². The van der Waals surface area contributed by atoms with Crippen molar-refractivity contribution in [3.05, 3.63) is 29.8 Å². The standard InChI is InChI=1S/C7H3F3OS/c8-7(9,10)5-1-3-6(12-11)4-2-5/h1-3H/q+1. The van der Waals surface area contributed by atoms with Crippen LogP contribution in [-0.4, -0.2) is 0 Å². The van der Waals surface area contributed by atoms with Crippen LogP contribution in [0.15, 0.2) is 23.1 Å². The summed E-state index contributed by atoms with van der Waals surface area (Å²) in [6.07, 6.45) is -4.36. The lowest BCUT2D eigenvalue weighted by Gasteiger charge is -2.03. The van der Waals surface area contributed by atoms with Crippen molar-refractivity contribution in [1.29, 1.82) is 0 Å². The van der Waals surface area contributed by atoms with Crippen molar-refractivity contribution >= 4 is 11.7 Å². The fourth-order valence-electron chi connectivity index (χ4n) is 0.639. The summed E-state index contributed by atoms with van der Waals surface area (Å²) in [5.41, 5.74) is -0.791. The molecule has 5 heteroatoms. The van der Waals surface area contributed by atoms with Crippen LogP contribution in [0.25, 0.3) is 0 Å². The number of alkyl halides is 3. The van der Waals surface area contributed by atoms with Gasteiger partial charge < -0.3 is 0 Å². The highest BCUT2D eigenvalue weighted by atomic mass is 32.1. The lowest BCUT2D eigenvalue weighted by molar-refractivity contribution is -0.137. The maximum Gasteiger partial charge on any atom is 0.505 e. The van der Waals surface area contributed by atoms with E-state index in [1.54, 1.807) is 0 Å². The van der Waals surface area contributed by atoms with Gasteiger partial charge in [0.1, 0.15) is 0 Å². The van der Waals surface area contributed by atoms with Gasteiger partial charge in [0.2, 0.25) is 0 Å². The summed E-state index contributed by atoms with van der Waals surface area (Å²) < 4.78 is 45.9. The molecule has 0 aliphatic carbocycles. The van der Waals surface area contributed by atoms with Gasteiger partial charge in [0.15, 0.2) is 0 Å². The Balaban J connectivity index is 3.00. The Labute approximate surface area is 70.7 Å². The van der Waals surface area contributed by atoms with Crippen molar-refractivity contribution in [2.24, 2.45) is 0 Å². The van der Waals surface area contributed by atoms with Crippen LogP contribution in [-0.2, 0) is 22.1 Å². The molecule has 1 aromatic rings. The first-order valence-corrected chi connectivity index (χ1v) is 3.67. The van der Waals surface area contributed by atoms with E-state index >= 15 is 0 Å². The monoisotopic (exact) mass is 192 g/mol. The van der Waals surface area contributed by atoms with Gasteiger partial charge in [-0.15, -0.1) is 0 Å². The maximum atomic E-state index is 11.9. The largest absolute Gasteiger partial charge is 0.505 e. The van der Waals surface area contributed by atoms with Gasteiger partial charge in [-0.3, -0.25) is 0 Å². The molecule has 0 aliphatic heterocycles. The smallest absolute Gasteiger partial charge is 0.166 e. The molecule has 12 heavy (non-hydrogen) atoms. The summed E-state index contributed by atoms with van der Waals surface area (Å²) in [7, 11) is 0. The molecule has 0 aromatic heterocycles. The van der Waals surface area contributed by atoms with E-state index in [0.717, 1.165) is 18.2 Å². The maximum absolute atomic E-state index is 11.9. The third-order valence-electron chi connectivity index (χ3n) is 1.20. The summed E-state index contributed by atoms with van der Waals surface area (Å²) in [6, 6.07) is 4.94. The lowest BCUT2D eigenvalue weighted by Crippen LogP contribution is -2.04. The van der Waals surface area contributed by atoms with Crippen LogP contribution in [0.4, 0.5) is 13.2 Å². The van der Waals surface area contributed by atoms with Gasteiger partial charge in [-0.25, -0.2) is 0 Å². The van der Waals surface area contributed by atoms with E-state index < -0.39 is 11.7 Å². The van der Waals surface area contributed by atoms with Crippen LogP contribution >= 0.6 is 0 Å². The Morgan fingerprint density at radius 3 is 2.33 bits per heavy atom. The van der Waals surface area contributed by atoms with Crippen LogP contribution < -0.4 is 0 Å². The summed E-state index contributed by atoms with van der Waals surface area (Å²) in [5.74, 6) is 0. The van der Waals surface area contributed by atoms with E-state index in [4.69, 9.17) is 0 Å². The molecule has 0 spiro atoms. The fraction of sp³-hybridized carbons (Fsp3) is 0.143.